The number of carbonyl (C=O) groups is 1. The molecule has 1 saturated heterocycles. The lowest BCUT2D eigenvalue weighted by Gasteiger charge is -2.28. The molecule has 1 N–H and O–H groups in total. The van der Waals surface area contributed by atoms with Crippen LogP contribution < -0.4 is 5.32 Å². The Bertz CT molecular complexity index is 509. The van der Waals surface area contributed by atoms with Crippen molar-refractivity contribution in [3.8, 4) is 0 Å². The molecule has 3 aliphatic rings. The topological polar surface area (TPSA) is 50.2 Å². The molecule has 1 saturated carbocycles. The van der Waals surface area contributed by atoms with Crippen LogP contribution in [0.1, 0.15) is 55.4 Å². The van der Waals surface area contributed by atoms with E-state index in [9.17, 15) is 4.79 Å². The minimum Gasteiger partial charge on any atom is -0.356 e. The van der Waals surface area contributed by atoms with Gasteiger partial charge < -0.3 is 14.8 Å². The molecule has 4 rings (SSSR count). The zero-order valence-corrected chi connectivity index (χ0v) is 12.6. The average molecular weight is 288 g/mol. The summed E-state index contributed by atoms with van der Waals surface area (Å²) in [5.74, 6) is 1.74. The van der Waals surface area contributed by atoms with Crippen molar-refractivity contribution >= 4 is 11.9 Å². The Labute approximate surface area is 125 Å². The number of amides is 1. The number of likely N-dealkylation sites (tertiary alicyclic amines) is 1. The number of imidazole rings is 1. The summed E-state index contributed by atoms with van der Waals surface area (Å²) < 4.78 is 2.08. The molecule has 1 aromatic rings. The smallest absolute Gasteiger partial charge is 0.274 e. The third kappa shape index (κ3) is 2.32. The number of nitrogens with zero attached hydrogens (tertiary/aromatic N) is 3. The predicted molar refractivity (Wildman–Crippen MR) is 81.4 cm³/mol. The number of aromatic nitrogens is 2. The number of aryl methyl sites for hydroxylation is 1. The van der Waals surface area contributed by atoms with E-state index in [-0.39, 0.29) is 5.91 Å². The molecular formula is C16H24N4O. The third-order valence-corrected chi connectivity index (χ3v) is 5.36. The van der Waals surface area contributed by atoms with E-state index >= 15 is 0 Å². The molecule has 2 fully saturated rings. The number of nitrogens with one attached hydrogen (secondary N) is 1. The summed E-state index contributed by atoms with van der Waals surface area (Å²) in [7, 11) is 0. The normalized spacial score (nSPS) is 25.9. The van der Waals surface area contributed by atoms with Crippen molar-refractivity contribution in [2.45, 2.75) is 57.5 Å². The van der Waals surface area contributed by atoms with Gasteiger partial charge in [-0.1, -0.05) is 12.8 Å². The monoisotopic (exact) mass is 288 g/mol. The van der Waals surface area contributed by atoms with Crippen LogP contribution in [0.15, 0.2) is 6.20 Å². The van der Waals surface area contributed by atoms with Gasteiger partial charge in [0.05, 0.1) is 0 Å². The Morgan fingerprint density at radius 1 is 1.14 bits per heavy atom. The molecule has 3 heterocycles. The van der Waals surface area contributed by atoms with E-state index in [1.54, 1.807) is 0 Å². The van der Waals surface area contributed by atoms with Gasteiger partial charge in [0.2, 0.25) is 5.95 Å². The fourth-order valence-corrected chi connectivity index (χ4v) is 4.30. The van der Waals surface area contributed by atoms with Crippen LogP contribution in [0.4, 0.5) is 5.95 Å². The minimum atomic E-state index is 0.146. The zero-order chi connectivity index (χ0) is 14.2. The summed E-state index contributed by atoms with van der Waals surface area (Å²) in [4.78, 5) is 19.5. The third-order valence-electron chi connectivity index (χ3n) is 5.36. The second kappa shape index (κ2) is 5.35. The van der Waals surface area contributed by atoms with Gasteiger partial charge in [-0.05, 0) is 38.0 Å². The SMILES string of the molecule is O=C(c1cn2c(n1)NCCC2)N1CCCC1C1CCCC1. The van der Waals surface area contributed by atoms with E-state index < -0.39 is 0 Å². The van der Waals surface area contributed by atoms with Gasteiger partial charge in [0.1, 0.15) is 5.69 Å². The van der Waals surface area contributed by atoms with Gasteiger partial charge in [0.25, 0.3) is 5.91 Å². The van der Waals surface area contributed by atoms with Crippen LogP contribution >= 0.6 is 0 Å². The van der Waals surface area contributed by atoms with Crippen LogP contribution in [0.25, 0.3) is 0 Å². The van der Waals surface area contributed by atoms with Crippen molar-refractivity contribution in [3.05, 3.63) is 11.9 Å². The maximum Gasteiger partial charge on any atom is 0.274 e. The van der Waals surface area contributed by atoms with Gasteiger partial charge >= 0.3 is 0 Å². The number of hydrogen-bond acceptors (Lipinski definition) is 3. The number of anilines is 1. The maximum absolute atomic E-state index is 12.9. The van der Waals surface area contributed by atoms with E-state index in [0.717, 1.165) is 44.3 Å². The Morgan fingerprint density at radius 3 is 2.81 bits per heavy atom. The van der Waals surface area contributed by atoms with Crippen LogP contribution in [-0.2, 0) is 6.54 Å². The summed E-state index contributed by atoms with van der Waals surface area (Å²) in [6.07, 6.45) is 10.7. The molecule has 0 radical (unpaired) electrons. The Hall–Kier alpha value is -1.52. The minimum absolute atomic E-state index is 0.146. The second-order valence-corrected chi connectivity index (χ2v) is 6.68. The van der Waals surface area contributed by atoms with E-state index in [1.165, 1.54) is 32.1 Å². The Balaban J connectivity index is 1.54. The van der Waals surface area contributed by atoms with E-state index in [1.807, 2.05) is 6.20 Å². The van der Waals surface area contributed by atoms with Gasteiger partial charge in [-0.3, -0.25) is 4.79 Å². The molecule has 21 heavy (non-hydrogen) atoms. The second-order valence-electron chi connectivity index (χ2n) is 6.68. The molecule has 1 aromatic heterocycles. The van der Waals surface area contributed by atoms with Gasteiger partial charge in [-0.25, -0.2) is 4.98 Å². The average Bonchev–Trinajstić information content (AvgIpc) is 3.23. The maximum atomic E-state index is 12.9. The van der Waals surface area contributed by atoms with Crippen molar-refractivity contribution in [1.29, 1.82) is 0 Å². The zero-order valence-electron chi connectivity index (χ0n) is 12.6. The highest BCUT2D eigenvalue weighted by atomic mass is 16.2. The first kappa shape index (κ1) is 13.2. The van der Waals surface area contributed by atoms with Crippen LogP contribution in [0.3, 0.4) is 0 Å². The molecule has 5 heteroatoms. The van der Waals surface area contributed by atoms with Crippen molar-refractivity contribution in [2.24, 2.45) is 5.92 Å². The highest BCUT2D eigenvalue weighted by molar-refractivity contribution is 5.93. The highest BCUT2D eigenvalue weighted by Crippen LogP contribution is 2.36. The molecule has 0 bridgehead atoms. The summed E-state index contributed by atoms with van der Waals surface area (Å²) in [5.41, 5.74) is 0.629. The first-order chi connectivity index (χ1) is 10.3. The summed E-state index contributed by atoms with van der Waals surface area (Å²) in [5, 5.41) is 3.28. The first-order valence-electron chi connectivity index (χ1n) is 8.45. The van der Waals surface area contributed by atoms with Gasteiger partial charge in [-0.15, -0.1) is 0 Å². The largest absolute Gasteiger partial charge is 0.356 e. The number of rotatable bonds is 2. The van der Waals surface area contributed by atoms with Crippen LogP contribution in [-0.4, -0.2) is 39.5 Å². The predicted octanol–water partition coefficient (Wildman–Crippen LogP) is 2.49. The van der Waals surface area contributed by atoms with E-state index in [2.05, 4.69) is 19.8 Å². The molecule has 114 valence electrons. The van der Waals surface area contributed by atoms with Crippen molar-refractivity contribution in [1.82, 2.24) is 14.5 Å². The summed E-state index contributed by atoms with van der Waals surface area (Å²) >= 11 is 0. The highest BCUT2D eigenvalue weighted by Gasteiger charge is 2.37. The van der Waals surface area contributed by atoms with E-state index in [4.69, 9.17) is 0 Å². The number of fused-ring (bicyclic) bond motifs is 1. The summed E-state index contributed by atoms with van der Waals surface area (Å²) in [6, 6.07) is 0.465. The molecule has 1 atom stereocenters. The molecule has 1 amide bonds. The lowest BCUT2D eigenvalue weighted by atomic mass is 9.96. The fourth-order valence-electron chi connectivity index (χ4n) is 4.30. The molecule has 2 aliphatic heterocycles. The number of carbonyl (C=O) groups excluding carboxylic acids is 1. The van der Waals surface area contributed by atoms with Crippen molar-refractivity contribution in [2.75, 3.05) is 18.4 Å². The van der Waals surface area contributed by atoms with Crippen molar-refractivity contribution in [3.63, 3.8) is 0 Å². The molecule has 1 unspecified atom stereocenters. The fraction of sp³-hybridized carbons (Fsp3) is 0.750. The van der Waals surface area contributed by atoms with Crippen LogP contribution in [0.5, 0.6) is 0 Å². The lowest BCUT2D eigenvalue weighted by Crippen LogP contribution is -2.39. The van der Waals surface area contributed by atoms with Crippen LogP contribution in [0, 0.1) is 5.92 Å². The quantitative estimate of drug-likeness (QED) is 0.909. The summed E-state index contributed by atoms with van der Waals surface area (Å²) in [6.45, 7) is 2.84. The molecular weight excluding hydrogens is 264 g/mol. The van der Waals surface area contributed by atoms with Gasteiger partial charge in [0, 0.05) is 31.9 Å². The molecule has 0 spiro atoms. The van der Waals surface area contributed by atoms with Gasteiger partial charge in [0.15, 0.2) is 0 Å². The molecule has 5 nitrogen and oxygen atoms in total. The first-order valence-corrected chi connectivity index (χ1v) is 8.45. The standard InChI is InChI=1S/C16H24N4O/c21-15(13-11-19-9-4-8-17-16(19)18-13)20-10-3-7-14(20)12-5-1-2-6-12/h11-12,14H,1-10H2,(H,17,18). The molecule has 0 aromatic carbocycles. The molecule has 1 aliphatic carbocycles. The van der Waals surface area contributed by atoms with Gasteiger partial charge in [-0.2, -0.15) is 0 Å². The Kier molecular flexibility index (Phi) is 3.36. The van der Waals surface area contributed by atoms with Crippen molar-refractivity contribution < 1.29 is 4.79 Å². The van der Waals surface area contributed by atoms with E-state index in [0.29, 0.717) is 11.7 Å². The lowest BCUT2D eigenvalue weighted by molar-refractivity contribution is 0.0683. The Morgan fingerprint density at radius 2 is 2.00 bits per heavy atom. The number of hydrogen-bond donors (Lipinski definition) is 1. The van der Waals surface area contributed by atoms with Crippen LogP contribution in [0.2, 0.25) is 0 Å².